The Labute approximate surface area is 97.2 Å². The smallest absolute Gasteiger partial charge is 0.354 e. The molecule has 0 aromatic carbocycles. The molecule has 0 spiro atoms. The highest BCUT2D eigenvalue weighted by Crippen LogP contribution is 2.19. The van der Waals surface area contributed by atoms with Gasteiger partial charge in [-0.15, -0.1) is 0 Å². The second-order valence-electron chi connectivity index (χ2n) is 3.52. The number of aliphatic hydroxyl groups is 2. The molecule has 1 heterocycles. The van der Waals surface area contributed by atoms with E-state index in [1.165, 1.54) is 19.4 Å². The summed E-state index contributed by atoms with van der Waals surface area (Å²) in [6, 6.07) is 1.33. The van der Waals surface area contributed by atoms with Crippen LogP contribution in [0.3, 0.4) is 0 Å². The number of rotatable bonds is 5. The number of ether oxygens (including phenoxy) is 1. The topological polar surface area (TPSA) is 126 Å². The normalized spacial score (nSPS) is 14.1. The van der Waals surface area contributed by atoms with Crippen LogP contribution in [0.5, 0.6) is 0 Å². The van der Waals surface area contributed by atoms with Crippen molar-refractivity contribution in [3.63, 3.8) is 0 Å². The summed E-state index contributed by atoms with van der Waals surface area (Å²) in [6.07, 6.45) is -1.62. The van der Waals surface area contributed by atoms with Crippen LogP contribution in [0.15, 0.2) is 12.3 Å². The van der Waals surface area contributed by atoms with Gasteiger partial charge in [-0.1, -0.05) is 0 Å². The Hall–Kier alpha value is -1.86. The molecule has 17 heavy (non-hydrogen) atoms. The maximum absolute atomic E-state index is 11.1. The minimum atomic E-state index is -1.31. The fraction of sp³-hybridized carbons (Fsp3) is 0.400. The molecule has 5 N–H and O–H groups in total. The third-order valence-corrected chi connectivity index (χ3v) is 2.23. The van der Waals surface area contributed by atoms with Crippen LogP contribution < -0.4 is 5.73 Å². The van der Waals surface area contributed by atoms with Crippen LogP contribution in [-0.4, -0.2) is 40.3 Å². The summed E-state index contributed by atoms with van der Waals surface area (Å²) in [5, 5.41) is 19.1. The lowest BCUT2D eigenvalue weighted by Crippen LogP contribution is -2.25. The Morgan fingerprint density at radius 1 is 1.53 bits per heavy atom. The number of amides is 1. The van der Waals surface area contributed by atoms with Gasteiger partial charge in [0.15, 0.2) is 0 Å². The van der Waals surface area contributed by atoms with Crippen molar-refractivity contribution >= 4 is 11.9 Å². The van der Waals surface area contributed by atoms with Crippen molar-refractivity contribution in [3.8, 4) is 0 Å². The predicted molar refractivity (Wildman–Crippen MR) is 56.9 cm³/mol. The molecule has 1 amide bonds. The molecule has 7 heteroatoms. The maximum Gasteiger partial charge on any atom is 0.354 e. The van der Waals surface area contributed by atoms with E-state index in [9.17, 15) is 19.8 Å². The van der Waals surface area contributed by atoms with Gasteiger partial charge in [-0.3, -0.25) is 4.79 Å². The van der Waals surface area contributed by atoms with E-state index in [1.54, 1.807) is 0 Å². The summed E-state index contributed by atoms with van der Waals surface area (Å²) in [4.78, 5) is 24.3. The van der Waals surface area contributed by atoms with Crippen LogP contribution in [0.2, 0.25) is 0 Å². The zero-order valence-corrected chi connectivity index (χ0v) is 9.21. The first kappa shape index (κ1) is 13.2. The predicted octanol–water partition coefficient (Wildman–Crippen LogP) is -0.929. The molecule has 0 aliphatic rings. The van der Waals surface area contributed by atoms with Crippen molar-refractivity contribution in [2.45, 2.75) is 18.6 Å². The molecule has 0 saturated heterocycles. The van der Waals surface area contributed by atoms with Gasteiger partial charge in [0.1, 0.15) is 11.8 Å². The summed E-state index contributed by atoms with van der Waals surface area (Å²) in [5.74, 6) is -1.31. The highest BCUT2D eigenvalue weighted by molar-refractivity contribution is 5.87. The first-order chi connectivity index (χ1) is 7.95. The third-order valence-electron chi connectivity index (χ3n) is 2.23. The molecule has 2 unspecified atom stereocenters. The average molecular weight is 242 g/mol. The van der Waals surface area contributed by atoms with Gasteiger partial charge in [0.25, 0.3) is 0 Å². The van der Waals surface area contributed by atoms with Crippen LogP contribution in [0, 0.1) is 0 Å². The molecule has 1 rings (SSSR count). The lowest BCUT2D eigenvalue weighted by Gasteiger charge is -2.14. The van der Waals surface area contributed by atoms with Gasteiger partial charge in [-0.05, 0) is 6.07 Å². The molecule has 1 aromatic rings. The molecule has 0 fully saturated rings. The molecule has 0 saturated carbocycles. The number of carbonyl (C=O) groups is 2. The number of aromatic amines is 1. The van der Waals surface area contributed by atoms with E-state index in [0.29, 0.717) is 0 Å². The zero-order chi connectivity index (χ0) is 13.0. The number of aliphatic hydroxyl groups excluding tert-OH is 2. The number of carbonyl (C=O) groups excluding carboxylic acids is 2. The number of methoxy groups -OCH3 is 1. The van der Waals surface area contributed by atoms with Crippen LogP contribution in [-0.2, 0) is 9.53 Å². The molecule has 2 atom stereocenters. The van der Waals surface area contributed by atoms with E-state index in [4.69, 9.17) is 5.73 Å². The number of esters is 1. The van der Waals surface area contributed by atoms with Crippen LogP contribution >= 0.6 is 0 Å². The molecular formula is C10H14N2O5. The van der Waals surface area contributed by atoms with Crippen LogP contribution in [0.4, 0.5) is 0 Å². The van der Waals surface area contributed by atoms with Crippen molar-refractivity contribution in [2.24, 2.45) is 5.73 Å². The fourth-order valence-electron chi connectivity index (χ4n) is 1.35. The van der Waals surface area contributed by atoms with Gasteiger partial charge in [-0.25, -0.2) is 4.79 Å². The molecule has 0 radical (unpaired) electrons. The Bertz CT molecular complexity index is 415. The number of H-pyrrole nitrogens is 1. The van der Waals surface area contributed by atoms with Gasteiger partial charge < -0.3 is 25.7 Å². The molecule has 1 aromatic heterocycles. The zero-order valence-electron chi connectivity index (χ0n) is 9.21. The summed E-state index contributed by atoms with van der Waals surface area (Å²) in [6.45, 7) is 0. The first-order valence-corrected chi connectivity index (χ1v) is 4.86. The number of hydrogen-bond acceptors (Lipinski definition) is 5. The minimum Gasteiger partial charge on any atom is -0.464 e. The molecule has 0 aliphatic heterocycles. The second kappa shape index (κ2) is 5.46. The average Bonchev–Trinajstić information content (AvgIpc) is 2.75. The van der Waals surface area contributed by atoms with Gasteiger partial charge in [0.2, 0.25) is 5.91 Å². The van der Waals surface area contributed by atoms with Gasteiger partial charge in [0.05, 0.1) is 19.6 Å². The van der Waals surface area contributed by atoms with Crippen molar-refractivity contribution in [2.75, 3.05) is 7.11 Å². The van der Waals surface area contributed by atoms with Crippen LogP contribution in [0.25, 0.3) is 0 Å². The number of hydrogen-bond donors (Lipinski definition) is 4. The summed E-state index contributed by atoms with van der Waals surface area (Å²) in [5.41, 5.74) is 5.32. The van der Waals surface area contributed by atoms with Crippen molar-refractivity contribution in [3.05, 3.63) is 23.5 Å². The first-order valence-electron chi connectivity index (χ1n) is 4.86. The number of primary amides is 1. The standard InChI is InChI=1S/C10H14N2O5/c1-17-10(16)6-2-5(4-12-6)9(15)7(13)3-8(11)14/h2,4,7,9,12-13,15H,3H2,1H3,(H2,11,14). The number of nitrogens with two attached hydrogens (primary N) is 1. The van der Waals surface area contributed by atoms with E-state index >= 15 is 0 Å². The van der Waals surface area contributed by atoms with E-state index in [0.717, 1.165) is 0 Å². The van der Waals surface area contributed by atoms with Crippen molar-refractivity contribution < 1.29 is 24.5 Å². The Kier molecular flexibility index (Phi) is 4.24. The van der Waals surface area contributed by atoms with Crippen LogP contribution in [0.1, 0.15) is 28.6 Å². The highest BCUT2D eigenvalue weighted by atomic mass is 16.5. The lowest BCUT2D eigenvalue weighted by molar-refractivity contribution is -0.121. The lowest BCUT2D eigenvalue weighted by atomic mass is 10.0. The van der Waals surface area contributed by atoms with Gasteiger partial charge >= 0.3 is 5.97 Å². The summed E-state index contributed by atoms with van der Waals surface area (Å²) in [7, 11) is 1.22. The Balaban J connectivity index is 2.75. The third kappa shape index (κ3) is 3.30. The second-order valence-corrected chi connectivity index (χ2v) is 3.52. The quantitative estimate of drug-likeness (QED) is 0.496. The van der Waals surface area contributed by atoms with E-state index in [2.05, 4.69) is 9.72 Å². The molecule has 7 nitrogen and oxygen atoms in total. The molecule has 0 aliphatic carbocycles. The van der Waals surface area contributed by atoms with E-state index < -0.39 is 24.1 Å². The molecule has 0 bridgehead atoms. The minimum absolute atomic E-state index is 0.146. The Morgan fingerprint density at radius 3 is 2.71 bits per heavy atom. The van der Waals surface area contributed by atoms with E-state index in [1.807, 2.05) is 0 Å². The highest BCUT2D eigenvalue weighted by Gasteiger charge is 2.22. The number of nitrogens with one attached hydrogen (secondary N) is 1. The fourth-order valence-corrected chi connectivity index (χ4v) is 1.35. The maximum atomic E-state index is 11.1. The Morgan fingerprint density at radius 2 is 2.18 bits per heavy atom. The van der Waals surface area contributed by atoms with Gasteiger partial charge in [-0.2, -0.15) is 0 Å². The summed E-state index contributed by atoms with van der Waals surface area (Å²) >= 11 is 0. The number of aromatic nitrogens is 1. The van der Waals surface area contributed by atoms with Crippen molar-refractivity contribution in [1.82, 2.24) is 4.98 Å². The molecular weight excluding hydrogens is 228 g/mol. The largest absolute Gasteiger partial charge is 0.464 e. The molecule has 94 valence electrons. The van der Waals surface area contributed by atoms with Crippen molar-refractivity contribution in [1.29, 1.82) is 0 Å². The monoisotopic (exact) mass is 242 g/mol. The summed E-state index contributed by atoms with van der Waals surface area (Å²) < 4.78 is 4.47. The van der Waals surface area contributed by atoms with Gasteiger partial charge in [0, 0.05) is 11.8 Å². The van der Waals surface area contributed by atoms with E-state index in [-0.39, 0.29) is 17.7 Å². The SMILES string of the molecule is COC(=O)c1cc(C(O)C(O)CC(N)=O)c[nH]1.